The average Bonchev–Trinajstić information content (AvgIpc) is 2.05. The van der Waals surface area contributed by atoms with E-state index in [2.05, 4.69) is 0 Å². The van der Waals surface area contributed by atoms with Gasteiger partial charge in [-0.3, -0.25) is 0 Å². The molecule has 0 fully saturated rings. The monoisotopic (exact) mass is 150 g/mol. The molecule has 0 radical (unpaired) electrons. The van der Waals surface area contributed by atoms with Gasteiger partial charge in [-0.05, 0) is 18.2 Å². The molecule has 0 spiro atoms. The summed E-state index contributed by atoms with van der Waals surface area (Å²) >= 11 is 0. The van der Waals surface area contributed by atoms with Crippen molar-refractivity contribution in [3.8, 4) is 6.07 Å². The van der Waals surface area contributed by atoms with Crippen LogP contribution in [0.1, 0.15) is 11.1 Å². The number of rotatable bonds is 1. The zero-order valence-electron chi connectivity index (χ0n) is 5.84. The molecule has 2 nitrogen and oxygen atoms in total. The quantitative estimate of drug-likeness (QED) is 0.653. The van der Waals surface area contributed by atoms with Crippen LogP contribution in [0.2, 0.25) is 0 Å². The lowest BCUT2D eigenvalue weighted by Gasteiger charge is -1.97. The fourth-order valence-corrected chi connectivity index (χ4v) is 0.801. The van der Waals surface area contributed by atoms with E-state index in [1.165, 1.54) is 18.2 Å². The molecule has 0 amide bonds. The van der Waals surface area contributed by atoms with Gasteiger partial charge in [-0.2, -0.15) is 5.26 Å². The van der Waals surface area contributed by atoms with Gasteiger partial charge in [0, 0.05) is 12.1 Å². The molecular weight excluding hydrogens is 143 g/mol. The van der Waals surface area contributed by atoms with Crippen LogP contribution in [0, 0.1) is 17.1 Å². The number of nitriles is 1. The first kappa shape index (κ1) is 7.70. The summed E-state index contributed by atoms with van der Waals surface area (Å²) in [7, 11) is 0. The molecule has 1 aromatic rings. The summed E-state index contributed by atoms with van der Waals surface area (Å²) < 4.78 is 12.7. The summed E-state index contributed by atoms with van der Waals surface area (Å²) in [6, 6.07) is 6.04. The minimum atomic E-state index is -0.355. The van der Waals surface area contributed by atoms with Gasteiger partial charge in [-0.1, -0.05) is 0 Å². The molecule has 0 atom stereocenters. The van der Waals surface area contributed by atoms with Crippen molar-refractivity contribution in [1.82, 2.24) is 0 Å². The summed E-state index contributed by atoms with van der Waals surface area (Å²) in [5.74, 6) is -0.355. The number of hydrogen-bond acceptors (Lipinski definition) is 2. The van der Waals surface area contributed by atoms with E-state index in [1.807, 2.05) is 6.07 Å². The molecule has 3 heteroatoms. The van der Waals surface area contributed by atoms with E-state index in [4.69, 9.17) is 11.0 Å². The Morgan fingerprint density at radius 2 is 2.27 bits per heavy atom. The van der Waals surface area contributed by atoms with Crippen LogP contribution >= 0.6 is 0 Å². The molecule has 1 rings (SSSR count). The third-order valence-electron chi connectivity index (χ3n) is 1.39. The second-order valence-corrected chi connectivity index (χ2v) is 2.12. The Balaban J connectivity index is 3.15. The number of halogens is 1. The van der Waals surface area contributed by atoms with E-state index in [0.29, 0.717) is 11.1 Å². The Hall–Kier alpha value is -1.40. The molecule has 56 valence electrons. The van der Waals surface area contributed by atoms with Crippen molar-refractivity contribution in [3.63, 3.8) is 0 Å². The minimum Gasteiger partial charge on any atom is -0.326 e. The second-order valence-electron chi connectivity index (χ2n) is 2.12. The van der Waals surface area contributed by atoms with Gasteiger partial charge in [-0.25, -0.2) is 4.39 Å². The van der Waals surface area contributed by atoms with Crippen LogP contribution < -0.4 is 5.73 Å². The topological polar surface area (TPSA) is 49.8 Å². The van der Waals surface area contributed by atoms with Gasteiger partial charge in [0.25, 0.3) is 0 Å². The molecule has 0 aliphatic rings. The van der Waals surface area contributed by atoms with E-state index >= 15 is 0 Å². The zero-order valence-corrected chi connectivity index (χ0v) is 5.84. The standard InChI is InChI=1S/C8H7FN2/c9-8-2-1-6(4-10)3-7(8)5-11/h1-3H,5,11H2. The first-order valence-electron chi connectivity index (χ1n) is 3.16. The molecule has 0 aliphatic heterocycles. The van der Waals surface area contributed by atoms with Crippen LogP contribution in [0.25, 0.3) is 0 Å². The molecule has 2 N–H and O–H groups in total. The van der Waals surface area contributed by atoms with E-state index in [1.54, 1.807) is 0 Å². The highest BCUT2D eigenvalue weighted by Gasteiger charge is 1.99. The molecule has 11 heavy (non-hydrogen) atoms. The van der Waals surface area contributed by atoms with Gasteiger partial charge in [0.1, 0.15) is 5.82 Å². The lowest BCUT2D eigenvalue weighted by molar-refractivity contribution is 0.610. The smallest absolute Gasteiger partial charge is 0.127 e. The van der Waals surface area contributed by atoms with Crippen molar-refractivity contribution in [2.45, 2.75) is 6.54 Å². The Labute approximate surface area is 64.1 Å². The van der Waals surface area contributed by atoms with Crippen LogP contribution in [0.15, 0.2) is 18.2 Å². The molecule has 0 unspecified atom stereocenters. The zero-order chi connectivity index (χ0) is 8.27. The average molecular weight is 150 g/mol. The van der Waals surface area contributed by atoms with Crippen LogP contribution in [-0.4, -0.2) is 0 Å². The van der Waals surface area contributed by atoms with Gasteiger partial charge in [-0.15, -0.1) is 0 Å². The molecule has 0 bridgehead atoms. The van der Waals surface area contributed by atoms with E-state index in [0.717, 1.165) is 0 Å². The highest BCUT2D eigenvalue weighted by Crippen LogP contribution is 2.08. The predicted octanol–water partition coefficient (Wildman–Crippen LogP) is 1.16. The largest absolute Gasteiger partial charge is 0.326 e. The van der Waals surface area contributed by atoms with Crippen LogP contribution in [0.3, 0.4) is 0 Å². The highest BCUT2D eigenvalue weighted by molar-refractivity contribution is 5.33. The van der Waals surface area contributed by atoms with Gasteiger partial charge in [0.05, 0.1) is 11.6 Å². The van der Waals surface area contributed by atoms with Gasteiger partial charge >= 0.3 is 0 Å². The van der Waals surface area contributed by atoms with E-state index in [-0.39, 0.29) is 12.4 Å². The molecule has 0 aromatic heterocycles. The highest BCUT2D eigenvalue weighted by atomic mass is 19.1. The fraction of sp³-hybridized carbons (Fsp3) is 0.125. The van der Waals surface area contributed by atoms with Crippen molar-refractivity contribution in [2.75, 3.05) is 0 Å². The Kier molecular flexibility index (Phi) is 2.19. The Morgan fingerprint density at radius 1 is 1.55 bits per heavy atom. The molecule has 0 saturated heterocycles. The molecule has 0 aliphatic carbocycles. The molecule has 0 saturated carbocycles. The van der Waals surface area contributed by atoms with Gasteiger partial charge in [0.15, 0.2) is 0 Å². The third-order valence-corrected chi connectivity index (χ3v) is 1.39. The third kappa shape index (κ3) is 1.54. The van der Waals surface area contributed by atoms with E-state index in [9.17, 15) is 4.39 Å². The van der Waals surface area contributed by atoms with Crippen molar-refractivity contribution in [2.24, 2.45) is 5.73 Å². The normalized spacial score (nSPS) is 9.18. The number of nitrogens with zero attached hydrogens (tertiary/aromatic N) is 1. The van der Waals surface area contributed by atoms with Crippen LogP contribution in [-0.2, 0) is 6.54 Å². The fourth-order valence-electron chi connectivity index (χ4n) is 0.801. The Morgan fingerprint density at radius 3 is 2.82 bits per heavy atom. The lowest BCUT2D eigenvalue weighted by Crippen LogP contribution is -1.99. The van der Waals surface area contributed by atoms with Gasteiger partial charge < -0.3 is 5.73 Å². The number of nitrogens with two attached hydrogens (primary N) is 1. The van der Waals surface area contributed by atoms with E-state index < -0.39 is 0 Å². The van der Waals surface area contributed by atoms with Crippen molar-refractivity contribution < 1.29 is 4.39 Å². The van der Waals surface area contributed by atoms with Crippen LogP contribution in [0.4, 0.5) is 4.39 Å². The van der Waals surface area contributed by atoms with Crippen molar-refractivity contribution in [1.29, 1.82) is 5.26 Å². The molecular formula is C8H7FN2. The van der Waals surface area contributed by atoms with Crippen molar-refractivity contribution in [3.05, 3.63) is 35.1 Å². The first-order valence-corrected chi connectivity index (χ1v) is 3.16. The lowest BCUT2D eigenvalue weighted by atomic mass is 10.1. The second kappa shape index (κ2) is 3.13. The summed E-state index contributed by atoms with van der Waals surface area (Å²) in [5.41, 5.74) is 6.04. The first-order chi connectivity index (χ1) is 5.27. The maximum atomic E-state index is 12.7. The summed E-state index contributed by atoms with van der Waals surface area (Å²) in [4.78, 5) is 0. The number of hydrogen-bond donors (Lipinski definition) is 1. The summed E-state index contributed by atoms with van der Waals surface area (Å²) in [6.07, 6.45) is 0. The predicted molar refractivity (Wildman–Crippen MR) is 39.0 cm³/mol. The molecule has 0 heterocycles. The SMILES string of the molecule is N#Cc1ccc(F)c(CN)c1. The van der Waals surface area contributed by atoms with Crippen LogP contribution in [0.5, 0.6) is 0 Å². The summed E-state index contributed by atoms with van der Waals surface area (Å²) in [6.45, 7) is 0.126. The maximum absolute atomic E-state index is 12.7. The minimum absolute atomic E-state index is 0.126. The van der Waals surface area contributed by atoms with Gasteiger partial charge in [0.2, 0.25) is 0 Å². The summed E-state index contributed by atoms with van der Waals surface area (Å²) in [5, 5.41) is 8.44. The number of benzene rings is 1. The van der Waals surface area contributed by atoms with Crippen molar-refractivity contribution >= 4 is 0 Å². The molecule has 1 aromatic carbocycles. The Bertz CT molecular complexity index is 301. The maximum Gasteiger partial charge on any atom is 0.127 e.